The Kier molecular flexibility index (Phi) is 7.40. The molecule has 2 aromatic rings. The van der Waals surface area contributed by atoms with E-state index in [1.807, 2.05) is 0 Å². The van der Waals surface area contributed by atoms with Crippen LogP contribution in [0.5, 0.6) is 5.75 Å². The van der Waals surface area contributed by atoms with Crippen molar-refractivity contribution in [1.29, 1.82) is 0 Å². The van der Waals surface area contributed by atoms with Gasteiger partial charge in [-0.3, -0.25) is 14.5 Å². The minimum Gasteiger partial charge on any atom is -0.495 e. The number of rotatable bonds is 6. The van der Waals surface area contributed by atoms with Crippen LogP contribution in [0.3, 0.4) is 0 Å². The van der Waals surface area contributed by atoms with E-state index >= 15 is 0 Å². The molecular formula is C25H31ClN4O3. The van der Waals surface area contributed by atoms with Crippen LogP contribution >= 0.6 is 11.6 Å². The molecule has 2 N–H and O–H groups in total. The van der Waals surface area contributed by atoms with Crippen molar-refractivity contribution < 1.29 is 14.3 Å². The number of halogens is 1. The molecule has 2 aromatic carbocycles. The molecule has 1 fully saturated rings. The fourth-order valence-corrected chi connectivity index (χ4v) is 4.94. The van der Waals surface area contributed by atoms with E-state index in [0.717, 1.165) is 38.9 Å². The summed E-state index contributed by atoms with van der Waals surface area (Å²) in [5.41, 5.74) is 4.25. The molecule has 0 saturated carbocycles. The van der Waals surface area contributed by atoms with E-state index < -0.39 is 11.8 Å². The summed E-state index contributed by atoms with van der Waals surface area (Å²) < 4.78 is 5.12. The average molecular weight is 471 g/mol. The first kappa shape index (κ1) is 23.4. The van der Waals surface area contributed by atoms with Crippen LogP contribution in [0.2, 0.25) is 5.02 Å². The third kappa shape index (κ3) is 5.42. The summed E-state index contributed by atoms with van der Waals surface area (Å²) in [7, 11) is 3.63. The summed E-state index contributed by atoms with van der Waals surface area (Å²) in [4.78, 5) is 29.8. The Labute approximate surface area is 200 Å². The lowest BCUT2D eigenvalue weighted by Gasteiger charge is -2.35. The third-order valence-electron chi connectivity index (χ3n) is 6.52. The second kappa shape index (κ2) is 10.4. The number of carbonyl (C=O) groups is 2. The molecule has 0 bridgehead atoms. The zero-order valence-electron chi connectivity index (χ0n) is 19.2. The summed E-state index contributed by atoms with van der Waals surface area (Å²) in [6.45, 7) is 3.39. The Morgan fingerprint density at radius 1 is 1.06 bits per heavy atom. The molecule has 2 heterocycles. The number of likely N-dealkylation sites (tertiary alicyclic amines) is 1. The number of fused-ring (bicyclic) bond motifs is 1. The first-order valence-corrected chi connectivity index (χ1v) is 11.8. The maximum atomic E-state index is 12.6. The van der Waals surface area contributed by atoms with Gasteiger partial charge in [-0.25, -0.2) is 0 Å². The zero-order valence-corrected chi connectivity index (χ0v) is 20.0. The maximum absolute atomic E-state index is 12.6. The van der Waals surface area contributed by atoms with Gasteiger partial charge in [-0.2, -0.15) is 0 Å². The van der Waals surface area contributed by atoms with E-state index in [1.165, 1.54) is 30.3 Å². The fraction of sp³-hybridized carbons (Fsp3) is 0.440. The second-order valence-corrected chi connectivity index (χ2v) is 9.09. The summed E-state index contributed by atoms with van der Waals surface area (Å²) >= 11 is 6.11. The predicted octanol–water partition coefficient (Wildman–Crippen LogP) is 3.62. The molecule has 0 aliphatic carbocycles. The number of piperidine rings is 1. The minimum absolute atomic E-state index is 0.0358. The van der Waals surface area contributed by atoms with Crippen LogP contribution < -0.4 is 20.3 Å². The van der Waals surface area contributed by atoms with Crippen LogP contribution in [0.1, 0.15) is 36.4 Å². The molecule has 176 valence electrons. The SMILES string of the molecule is COc1ccc(NC(=O)C(=O)NC[C@@H](c2ccc3c(c2)CCN3C)N2CCCCC2)cc1Cl. The van der Waals surface area contributed by atoms with Crippen molar-refractivity contribution in [2.75, 3.05) is 50.6 Å². The van der Waals surface area contributed by atoms with Crippen molar-refractivity contribution in [2.24, 2.45) is 0 Å². The largest absolute Gasteiger partial charge is 0.495 e. The van der Waals surface area contributed by atoms with Gasteiger partial charge < -0.3 is 20.3 Å². The molecule has 7 nitrogen and oxygen atoms in total. The number of amides is 2. The number of carbonyl (C=O) groups excluding carboxylic acids is 2. The van der Waals surface area contributed by atoms with Gasteiger partial charge in [-0.1, -0.05) is 30.2 Å². The predicted molar refractivity (Wildman–Crippen MR) is 131 cm³/mol. The lowest BCUT2D eigenvalue weighted by atomic mass is 9.98. The third-order valence-corrected chi connectivity index (χ3v) is 6.81. The van der Waals surface area contributed by atoms with Crippen molar-refractivity contribution >= 4 is 34.8 Å². The topological polar surface area (TPSA) is 73.9 Å². The van der Waals surface area contributed by atoms with Gasteiger partial charge in [0, 0.05) is 31.5 Å². The Morgan fingerprint density at radius 3 is 2.58 bits per heavy atom. The molecule has 8 heteroatoms. The average Bonchev–Trinajstić information content (AvgIpc) is 3.20. The standard InChI is InChI=1S/C25H31ClN4O3/c1-29-13-10-18-14-17(6-8-21(18)29)22(30-11-4-3-5-12-30)16-27-24(31)25(32)28-19-7-9-23(33-2)20(26)15-19/h6-9,14-15,22H,3-5,10-13,16H2,1-2H3,(H,27,31)(H,28,32)/t22-/m0/s1. The Morgan fingerprint density at radius 2 is 1.85 bits per heavy atom. The molecule has 0 unspecified atom stereocenters. The number of likely N-dealkylation sites (N-methyl/N-ethyl adjacent to an activating group) is 1. The van der Waals surface area contributed by atoms with Crippen molar-refractivity contribution in [1.82, 2.24) is 10.2 Å². The summed E-state index contributed by atoms with van der Waals surface area (Å²) in [6, 6.07) is 11.5. The fourth-order valence-electron chi connectivity index (χ4n) is 4.68. The van der Waals surface area contributed by atoms with E-state index in [2.05, 4.69) is 45.7 Å². The monoisotopic (exact) mass is 470 g/mol. The number of hydrogen-bond donors (Lipinski definition) is 2. The van der Waals surface area contributed by atoms with Crippen LogP contribution in [0, 0.1) is 0 Å². The number of anilines is 2. The van der Waals surface area contributed by atoms with Gasteiger partial charge in [-0.05, 0) is 67.7 Å². The van der Waals surface area contributed by atoms with E-state index in [0.29, 0.717) is 23.0 Å². The lowest BCUT2D eigenvalue weighted by molar-refractivity contribution is -0.136. The van der Waals surface area contributed by atoms with Gasteiger partial charge in [0.15, 0.2) is 0 Å². The summed E-state index contributed by atoms with van der Waals surface area (Å²) in [5.74, 6) is -0.877. The normalized spacial score (nSPS) is 16.8. The molecule has 1 atom stereocenters. The number of methoxy groups -OCH3 is 1. The van der Waals surface area contributed by atoms with Crippen LogP contribution in [-0.4, -0.2) is 57.1 Å². The molecule has 2 amide bonds. The molecule has 1 saturated heterocycles. The zero-order chi connectivity index (χ0) is 23.4. The quantitative estimate of drug-likeness (QED) is 0.631. The van der Waals surface area contributed by atoms with E-state index in [1.54, 1.807) is 18.2 Å². The van der Waals surface area contributed by atoms with Crippen LogP contribution in [-0.2, 0) is 16.0 Å². The summed E-state index contributed by atoms with van der Waals surface area (Å²) in [6.07, 6.45) is 4.57. The molecule has 2 aliphatic rings. The number of nitrogens with zero attached hydrogens (tertiary/aromatic N) is 2. The van der Waals surface area contributed by atoms with Gasteiger partial charge in [0.2, 0.25) is 0 Å². The van der Waals surface area contributed by atoms with Crippen molar-refractivity contribution in [2.45, 2.75) is 31.7 Å². The molecule has 2 aliphatic heterocycles. The van der Waals surface area contributed by atoms with Gasteiger partial charge in [0.25, 0.3) is 0 Å². The van der Waals surface area contributed by atoms with Gasteiger partial charge in [0.05, 0.1) is 18.2 Å². The number of benzene rings is 2. The minimum atomic E-state index is -0.718. The maximum Gasteiger partial charge on any atom is 0.313 e. The highest BCUT2D eigenvalue weighted by Crippen LogP contribution is 2.32. The highest BCUT2D eigenvalue weighted by Gasteiger charge is 2.26. The molecule has 0 radical (unpaired) electrons. The molecule has 33 heavy (non-hydrogen) atoms. The Balaban J connectivity index is 1.43. The van der Waals surface area contributed by atoms with Crippen molar-refractivity contribution in [3.05, 3.63) is 52.5 Å². The lowest BCUT2D eigenvalue weighted by Crippen LogP contribution is -2.43. The highest BCUT2D eigenvalue weighted by molar-refractivity contribution is 6.40. The number of hydrogen-bond acceptors (Lipinski definition) is 5. The molecule has 0 aromatic heterocycles. The van der Waals surface area contributed by atoms with Gasteiger partial charge >= 0.3 is 11.8 Å². The van der Waals surface area contributed by atoms with Crippen LogP contribution in [0.4, 0.5) is 11.4 Å². The van der Waals surface area contributed by atoms with Crippen molar-refractivity contribution in [3.8, 4) is 5.75 Å². The Bertz CT molecular complexity index is 1020. The highest BCUT2D eigenvalue weighted by atomic mass is 35.5. The van der Waals surface area contributed by atoms with Crippen LogP contribution in [0.25, 0.3) is 0 Å². The Hall–Kier alpha value is -2.77. The van der Waals surface area contributed by atoms with E-state index in [-0.39, 0.29) is 6.04 Å². The van der Waals surface area contributed by atoms with Gasteiger partial charge in [0.1, 0.15) is 5.75 Å². The van der Waals surface area contributed by atoms with Crippen LogP contribution in [0.15, 0.2) is 36.4 Å². The van der Waals surface area contributed by atoms with Gasteiger partial charge in [-0.15, -0.1) is 0 Å². The van der Waals surface area contributed by atoms with E-state index in [9.17, 15) is 9.59 Å². The number of nitrogens with one attached hydrogen (secondary N) is 2. The smallest absolute Gasteiger partial charge is 0.313 e. The number of ether oxygens (including phenoxy) is 1. The second-order valence-electron chi connectivity index (χ2n) is 8.69. The first-order valence-electron chi connectivity index (χ1n) is 11.5. The molecule has 4 rings (SSSR count). The molecular weight excluding hydrogens is 440 g/mol. The van der Waals surface area contributed by atoms with E-state index in [4.69, 9.17) is 16.3 Å². The molecule has 0 spiro atoms. The van der Waals surface area contributed by atoms with Crippen molar-refractivity contribution in [3.63, 3.8) is 0 Å². The summed E-state index contributed by atoms with van der Waals surface area (Å²) in [5, 5.41) is 5.82. The first-order chi connectivity index (χ1) is 16.0.